The molecule has 0 saturated carbocycles. The molecule has 0 bridgehead atoms. The maximum Gasteiger partial charge on any atom is 0.0616 e. The lowest BCUT2D eigenvalue weighted by molar-refractivity contribution is 0.121. The van der Waals surface area contributed by atoms with Gasteiger partial charge in [0.05, 0.1) is 6.61 Å². The predicted molar refractivity (Wildman–Crippen MR) is 56.2 cm³/mol. The van der Waals surface area contributed by atoms with Gasteiger partial charge in [0.2, 0.25) is 0 Å². The van der Waals surface area contributed by atoms with Gasteiger partial charge in [0, 0.05) is 38.3 Å². The van der Waals surface area contributed by atoms with Crippen LogP contribution in [0.3, 0.4) is 0 Å². The van der Waals surface area contributed by atoms with Crippen LogP contribution in [0.15, 0.2) is 0 Å². The normalized spacial score (nSPS) is 14.4. The molecule has 3 N–H and O–H groups in total. The first-order valence-electron chi connectivity index (χ1n) is 5.00. The molecular formula is C10H23NO3. The first-order valence-corrected chi connectivity index (χ1v) is 5.00. The highest BCUT2D eigenvalue weighted by molar-refractivity contribution is 4.74. The van der Waals surface area contributed by atoms with E-state index in [9.17, 15) is 0 Å². The number of hydrogen-bond donors (Lipinski definition) is 3. The van der Waals surface area contributed by atoms with E-state index in [0.717, 1.165) is 6.54 Å². The van der Waals surface area contributed by atoms with Crippen LogP contribution < -0.4 is 5.32 Å². The van der Waals surface area contributed by atoms with Crippen molar-refractivity contribution in [2.24, 2.45) is 5.41 Å². The Morgan fingerprint density at radius 1 is 1.36 bits per heavy atom. The molecule has 0 aromatic rings. The van der Waals surface area contributed by atoms with Gasteiger partial charge in [0.15, 0.2) is 0 Å². The molecule has 0 saturated heterocycles. The van der Waals surface area contributed by atoms with Gasteiger partial charge in [-0.2, -0.15) is 0 Å². The number of methoxy groups -OCH3 is 1. The minimum absolute atomic E-state index is 0.124. The number of aliphatic hydroxyl groups is 2. The van der Waals surface area contributed by atoms with E-state index < -0.39 is 0 Å². The minimum Gasteiger partial charge on any atom is -0.396 e. The predicted octanol–water partition coefficient (Wildman–Crippen LogP) is -0.00810. The zero-order chi connectivity index (χ0) is 11.0. The van der Waals surface area contributed by atoms with Gasteiger partial charge in [-0.1, -0.05) is 13.8 Å². The Bertz CT molecular complexity index is 133. The van der Waals surface area contributed by atoms with Crippen LogP contribution in [0.5, 0.6) is 0 Å². The van der Waals surface area contributed by atoms with Crippen molar-refractivity contribution in [3.63, 3.8) is 0 Å². The fourth-order valence-corrected chi connectivity index (χ4v) is 1.08. The highest BCUT2D eigenvalue weighted by atomic mass is 16.5. The maximum atomic E-state index is 9.05. The number of nitrogens with one attached hydrogen (secondary N) is 1. The lowest BCUT2D eigenvalue weighted by Crippen LogP contribution is -2.41. The summed E-state index contributed by atoms with van der Waals surface area (Å²) in [6, 6.07) is 0.163. The molecule has 0 spiro atoms. The lowest BCUT2D eigenvalue weighted by atomic mass is 9.94. The average Bonchev–Trinajstić information content (AvgIpc) is 2.15. The van der Waals surface area contributed by atoms with Gasteiger partial charge in [-0.25, -0.2) is 0 Å². The summed E-state index contributed by atoms with van der Waals surface area (Å²) in [6.45, 7) is 5.59. The van der Waals surface area contributed by atoms with Gasteiger partial charge in [-0.05, 0) is 6.42 Å². The Morgan fingerprint density at radius 2 is 2.00 bits per heavy atom. The molecule has 0 heterocycles. The molecule has 4 nitrogen and oxygen atoms in total. The molecule has 0 radical (unpaired) electrons. The van der Waals surface area contributed by atoms with Crippen LogP contribution in [0.4, 0.5) is 0 Å². The van der Waals surface area contributed by atoms with Crippen molar-refractivity contribution in [1.82, 2.24) is 5.32 Å². The van der Waals surface area contributed by atoms with Crippen molar-refractivity contribution in [3.05, 3.63) is 0 Å². The zero-order valence-electron chi connectivity index (χ0n) is 9.42. The van der Waals surface area contributed by atoms with E-state index in [1.165, 1.54) is 0 Å². The molecule has 1 atom stereocenters. The molecule has 0 aliphatic heterocycles. The Morgan fingerprint density at radius 3 is 2.43 bits per heavy atom. The summed E-state index contributed by atoms with van der Waals surface area (Å²) < 4.78 is 5.02. The first-order chi connectivity index (χ1) is 6.55. The molecule has 0 aromatic carbocycles. The van der Waals surface area contributed by atoms with E-state index >= 15 is 0 Å². The van der Waals surface area contributed by atoms with E-state index in [2.05, 4.69) is 5.32 Å². The first kappa shape index (κ1) is 13.8. The molecule has 0 aliphatic rings. The third kappa shape index (κ3) is 6.32. The van der Waals surface area contributed by atoms with Crippen LogP contribution in [-0.4, -0.2) is 49.7 Å². The SMILES string of the molecule is COCC(CCO)NCC(C)(C)CO. The minimum atomic E-state index is -0.124. The highest BCUT2D eigenvalue weighted by Crippen LogP contribution is 2.11. The summed E-state index contributed by atoms with van der Waals surface area (Å²) >= 11 is 0. The van der Waals surface area contributed by atoms with Crippen LogP contribution in [0.25, 0.3) is 0 Å². The Balaban J connectivity index is 3.80. The second kappa shape index (κ2) is 7.17. The highest BCUT2D eigenvalue weighted by Gasteiger charge is 2.18. The van der Waals surface area contributed by atoms with Crippen molar-refractivity contribution in [3.8, 4) is 0 Å². The summed E-state index contributed by atoms with van der Waals surface area (Å²) in [7, 11) is 1.64. The molecule has 14 heavy (non-hydrogen) atoms. The summed E-state index contributed by atoms with van der Waals surface area (Å²) in [5.41, 5.74) is -0.124. The van der Waals surface area contributed by atoms with Crippen LogP contribution >= 0.6 is 0 Å². The number of ether oxygens (including phenoxy) is 1. The fourth-order valence-electron chi connectivity index (χ4n) is 1.08. The van der Waals surface area contributed by atoms with Gasteiger partial charge >= 0.3 is 0 Å². The van der Waals surface area contributed by atoms with Gasteiger partial charge in [0.25, 0.3) is 0 Å². The van der Waals surface area contributed by atoms with Gasteiger partial charge in [-0.3, -0.25) is 0 Å². The Kier molecular flexibility index (Phi) is 7.09. The molecule has 0 rings (SSSR count). The third-order valence-electron chi connectivity index (χ3n) is 2.14. The van der Waals surface area contributed by atoms with Crippen LogP contribution in [0.2, 0.25) is 0 Å². The van der Waals surface area contributed by atoms with Crippen molar-refractivity contribution < 1.29 is 14.9 Å². The summed E-state index contributed by atoms with van der Waals surface area (Å²) in [5, 5.41) is 21.1. The smallest absolute Gasteiger partial charge is 0.0616 e. The van der Waals surface area contributed by atoms with Crippen molar-refractivity contribution >= 4 is 0 Å². The van der Waals surface area contributed by atoms with E-state index in [4.69, 9.17) is 14.9 Å². The van der Waals surface area contributed by atoms with Crippen LogP contribution in [0, 0.1) is 5.41 Å². The molecule has 0 aromatic heterocycles. The van der Waals surface area contributed by atoms with E-state index in [1.54, 1.807) is 7.11 Å². The zero-order valence-corrected chi connectivity index (χ0v) is 9.42. The molecular weight excluding hydrogens is 182 g/mol. The standard InChI is InChI=1S/C10H23NO3/c1-10(2,8-13)7-11-9(4-5-12)6-14-3/h9,11-13H,4-8H2,1-3H3. The Labute approximate surface area is 86.3 Å². The lowest BCUT2D eigenvalue weighted by Gasteiger charge is -2.26. The van der Waals surface area contributed by atoms with E-state index in [-0.39, 0.29) is 24.7 Å². The summed E-state index contributed by atoms with van der Waals surface area (Å²) in [4.78, 5) is 0. The second-order valence-electron chi connectivity index (χ2n) is 4.37. The summed E-state index contributed by atoms with van der Waals surface area (Å²) in [6.07, 6.45) is 0.676. The Hall–Kier alpha value is -0.160. The summed E-state index contributed by atoms with van der Waals surface area (Å²) in [5.74, 6) is 0. The fraction of sp³-hybridized carbons (Fsp3) is 1.00. The van der Waals surface area contributed by atoms with Crippen molar-refractivity contribution in [2.45, 2.75) is 26.3 Å². The monoisotopic (exact) mass is 205 g/mol. The third-order valence-corrected chi connectivity index (χ3v) is 2.14. The maximum absolute atomic E-state index is 9.05. The van der Waals surface area contributed by atoms with Crippen molar-refractivity contribution in [2.75, 3.05) is 33.5 Å². The molecule has 4 heteroatoms. The van der Waals surface area contributed by atoms with Gasteiger partial charge in [0.1, 0.15) is 0 Å². The molecule has 0 amide bonds. The van der Waals surface area contributed by atoms with Gasteiger partial charge in [-0.15, -0.1) is 0 Å². The topological polar surface area (TPSA) is 61.7 Å². The van der Waals surface area contributed by atoms with E-state index in [0.29, 0.717) is 13.0 Å². The van der Waals surface area contributed by atoms with Crippen molar-refractivity contribution in [1.29, 1.82) is 0 Å². The molecule has 1 unspecified atom stereocenters. The average molecular weight is 205 g/mol. The largest absolute Gasteiger partial charge is 0.396 e. The second-order valence-corrected chi connectivity index (χ2v) is 4.37. The van der Waals surface area contributed by atoms with Crippen LogP contribution in [-0.2, 0) is 4.74 Å². The number of hydrogen-bond acceptors (Lipinski definition) is 4. The van der Waals surface area contributed by atoms with E-state index in [1.807, 2.05) is 13.8 Å². The molecule has 0 fully saturated rings. The van der Waals surface area contributed by atoms with Crippen LogP contribution in [0.1, 0.15) is 20.3 Å². The van der Waals surface area contributed by atoms with Gasteiger partial charge < -0.3 is 20.3 Å². The number of aliphatic hydroxyl groups excluding tert-OH is 2. The molecule has 86 valence electrons. The quantitative estimate of drug-likeness (QED) is 0.521. The number of rotatable bonds is 8. The molecule has 0 aliphatic carbocycles.